The molecule has 0 bridgehead atoms. The first-order valence-corrected chi connectivity index (χ1v) is 5.69. The van der Waals surface area contributed by atoms with Crippen molar-refractivity contribution in [1.29, 1.82) is 0 Å². The predicted octanol–water partition coefficient (Wildman–Crippen LogP) is -0.221. The van der Waals surface area contributed by atoms with Crippen molar-refractivity contribution in [2.24, 2.45) is 12.5 Å². The highest BCUT2D eigenvalue weighted by Crippen LogP contribution is 2.49. The van der Waals surface area contributed by atoms with Gasteiger partial charge in [0.15, 0.2) is 0 Å². The summed E-state index contributed by atoms with van der Waals surface area (Å²) in [4.78, 5) is 36.5. The van der Waals surface area contributed by atoms with Crippen LogP contribution in [0.3, 0.4) is 0 Å². The van der Waals surface area contributed by atoms with Gasteiger partial charge in [-0.2, -0.15) is 5.10 Å². The maximum absolute atomic E-state index is 12.2. The number of nitrogens with zero attached hydrogens (tertiary/aromatic N) is 3. The smallest absolute Gasteiger partial charge is 0.277 e. The van der Waals surface area contributed by atoms with Crippen LogP contribution in [0, 0.1) is 5.41 Å². The van der Waals surface area contributed by atoms with Gasteiger partial charge in [-0.3, -0.25) is 24.5 Å². The third-order valence-corrected chi connectivity index (χ3v) is 3.39. The fourth-order valence-electron chi connectivity index (χ4n) is 2.15. The summed E-state index contributed by atoms with van der Waals surface area (Å²) in [5, 5.41) is 6.35. The van der Waals surface area contributed by atoms with Gasteiger partial charge in [0, 0.05) is 13.2 Å². The van der Waals surface area contributed by atoms with Crippen LogP contribution in [0.25, 0.3) is 0 Å². The number of hydrogen-bond donors (Lipinski definition) is 1. The molecular formula is C11H12N4O3. The molecule has 94 valence electrons. The molecule has 1 aliphatic heterocycles. The summed E-state index contributed by atoms with van der Waals surface area (Å²) < 4.78 is 1.60. The van der Waals surface area contributed by atoms with Crippen LogP contribution in [0.15, 0.2) is 12.3 Å². The summed E-state index contributed by atoms with van der Waals surface area (Å²) in [6.07, 6.45) is 2.77. The Morgan fingerprint density at radius 1 is 1.39 bits per heavy atom. The summed E-state index contributed by atoms with van der Waals surface area (Å²) in [6, 6.07) is 1.07. The van der Waals surface area contributed by atoms with Crippen molar-refractivity contribution in [2.75, 3.05) is 0 Å². The van der Waals surface area contributed by atoms with E-state index in [1.54, 1.807) is 24.0 Å². The van der Waals surface area contributed by atoms with Gasteiger partial charge in [0.1, 0.15) is 5.41 Å². The number of barbiturate groups is 1. The molecule has 0 radical (unpaired) electrons. The summed E-state index contributed by atoms with van der Waals surface area (Å²) in [5.74, 6) is -0.864. The number of rotatable bonds is 2. The average molecular weight is 248 g/mol. The van der Waals surface area contributed by atoms with Crippen LogP contribution in [0.2, 0.25) is 0 Å². The molecule has 18 heavy (non-hydrogen) atoms. The molecule has 1 aliphatic carbocycles. The lowest BCUT2D eigenvalue weighted by atomic mass is 10.0. The lowest BCUT2D eigenvalue weighted by Crippen LogP contribution is -2.58. The summed E-state index contributed by atoms with van der Waals surface area (Å²) in [7, 11) is 1.76. The van der Waals surface area contributed by atoms with Crippen molar-refractivity contribution in [2.45, 2.75) is 19.4 Å². The van der Waals surface area contributed by atoms with E-state index in [1.807, 2.05) is 0 Å². The molecule has 2 aliphatic rings. The zero-order chi connectivity index (χ0) is 12.9. The predicted molar refractivity (Wildman–Crippen MR) is 59.0 cm³/mol. The molecule has 3 rings (SSSR count). The highest BCUT2D eigenvalue weighted by molar-refractivity contribution is 6.20. The third-order valence-electron chi connectivity index (χ3n) is 3.39. The van der Waals surface area contributed by atoms with Crippen molar-refractivity contribution in [3.63, 3.8) is 0 Å². The number of urea groups is 1. The Morgan fingerprint density at radius 3 is 2.67 bits per heavy atom. The molecule has 0 aromatic carbocycles. The van der Waals surface area contributed by atoms with Crippen molar-refractivity contribution in [3.05, 3.63) is 18.0 Å². The van der Waals surface area contributed by atoms with Crippen LogP contribution in [0.4, 0.5) is 4.79 Å². The van der Waals surface area contributed by atoms with Crippen LogP contribution in [0.1, 0.15) is 18.5 Å². The van der Waals surface area contributed by atoms with Gasteiger partial charge in [-0.15, -0.1) is 0 Å². The Balaban J connectivity index is 1.85. The monoisotopic (exact) mass is 248 g/mol. The molecule has 4 amide bonds. The van der Waals surface area contributed by atoms with E-state index in [-0.39, 0.29) is 6.54 Å². The summed E-state index contributed by atoms with van der Waals surface area (Å²) in [6.45, 7) is 0.0978. The van der Waals surface area contributed by atoms with E-state index in [0.29, 0.717) is 18.5 Å². The van der Waals surface area contributed by atoms with Crippen LogP contribution < -0.4 is 5.32 Å². The largest absolute Gasteiger partial charge is 0.331 e. The molecule has 2 heterocycles. The minimum atomic E-state index is -0.983. The molecule has 2 fully saturated rings. The Morgan fingerprint density at radius 2 is 2.11 bits per heavy atom. The molecule has 7 nitrogen and oxygen atoms in total. The molecular weight excluding hydrogens is 236 g/mol. The van der Waals surface area contributed by atoms with Crippen LogP contribution >= 0.6 is 0 Å². The Hall–Kier alpha value is -2.18. The lowest BCUT2D eigenvalue weighted by molar-refractivity contribution is -0.145. The highest BCUT2D eigenvalue weighted by Gasteiger charge is 2.62. The zero-order valence-electron chi connectivity index (χ0n) is 9.84. The molecule has 1 saturated carbocycles. The molecule has 1 aromatic heterocycles. The molecule has 7 heteroatoms. The van der Waals surface area contributed by atoms with Gasteiger partial charge in [0.25, 0.3) is 0 Å². The fraction of sp³-hybridized carbons (Fsp3) is 0.455. The number of amides is 4. The summed E-state index contributed by atoms with van der Waals surface area (Å²) >= 11 is 0. The van der Waals surface area contributed by atoms with E-state index in [9.17, 15) is 14.4 Å². The number of aryl methyl sites for hydroxylation is 1. The minimum Gasteiger partial charge on any atom is -0.277 e. The van der Waals surface area contributed by atoms with Gasteiger partial charge in [0.2, 0.25) is 11.8 Å². The number of imide groups is 2. The number of carbonyl (C=O) groups is 3. The Labute approximate surface area is 103 Å². The molecule has 1 saturated heterocycles. The second-order valence-corrected chi connectivity index (χ2v) is 4.71. The first kappa shape index (κ1) is 10.9. The maximum Gasteiger partial charge on any atom is 0.331 e. The third kappa shape index (κ3) is 1.43. The van der Waals surface area contributed by atoms with E-state index in [1.165, 1.54) is 0 Å². The quantitative estimate of drug-likeness (QED) is 0.733. The molecule has 0 unspecified atom stereocenters. The number of carbonyl (C=O) groups excluding carboxylic acids is 3. The SMILES string of the molecule is Cn1ccc(CN2C(=O)NC(=O)C3(CC3)C2=O)n1. The van der Waals surface area contributed by atoms with Crippen molar-refractivity contribution >= 4 is 17.8 Å². The van der Waals surface area contributed by atoms with Gasteiger partial charge >= 0.3 is 6.03 Å². The first-order chi connectivity index (χ1) is 8.53. The normalized spacial score (nSPS) is 21.4. The van der Waals surface area contributed by atoms with E-state index in [2.05, 4.69) is 10.4 Å². The first-order valence-electron chi connectivity index (χ1n) is 5.69. The van der Waals surface area contributed by atoms with Crippen LogP contribution in [-0.2, 0) is 23.2 Å². The van der Waals surface area contributed by atoms with Gasteiger partial charge in [-0.25, -0.2) is 4.79 Å². The highest BCUT2D eigenvalue weighted by atomic mass is 16.2. The summed E-state index contributed by atoms with van der Waals surface area (Å²) in [5.41, 5.74) is -0.367. The van der Waals surface area contributed by atoms with Gasteiger partial charge in [0.05, 0.1) is 12.2 Å². The number of hydrogen-bond acceptors (Lipinski definition) is 4. The van der Waals surface area contributed by atoms with Crippen LogP contribution in [-0.4, -0.2) is 32.5 Å². The van der Waals surface area contributed by atoms with Crippen molar-refractivity contribution in [3.8, 4) is 0 Å². The second-order valence-electron chi connectivity index (χ2n) is 4.71. The second kappa shape index (κ2) is 3.41. The minimum absolute atomic E-state index is 0.0978. The van der Waals surface area contributed by atoms with E-state index in [4.69, 9.17) is 0 Å². The van der Waals surface area contributed by atoms with Crippen molar-refractivity contribution in [1.82, 2.24) is 20.0 Å². The molecule has 1 aromatic rings. The average Bonchev–Trinajstić information content (AvgIpc) is 3.02. The lowest BCUT2D eigenvalue weighted by Gasteiger charge is -2.29. The van der Waals surface area contributed by atoms with Gasteiger partial charge in [-0.05, 0) is 18.9 Å². The van der Waals surface area contributed by atoms with E-state index >= 15 is 0 Å². The van der Waals surface area contributed by atoms with Crippen molar-refractivity contribution < 1.29 is 14.4 Å². The topological polar surface area (TPSA) is 84.3 Å². The molecule has 0 atom stereocenters. The number of nitrogens with one attached hydrogen (secondary N) is 1. The van der Waals surface area contributed by atoms with Crippen LogP contribution in [0.5, 0.6) is 0 Å². The van der Waals surface area contributed by atoms with E-state index < -0.39 is 23.3 Å². The number of aromatic nitrogens is 2. The Bertz CT molecular complexity index is 558. The Kier molecular flexibility index (Phi) is 2.07. The van der Waals surface area contributed by atoms with E-state index in [0.717, 1.165) is 4.90 Å². The molecule has 1 spiro atoms. The zero-order valence-corrected chi connectivity index (χ0v) is 9.84. The maximum atomic E-state index is 12.2. The molecule has 1 N–H and O–H groups in total. The van der Waals surface area contributed by atoms with Gasteiger partial charge < -0.3 is 0 Å². The fourth-order valence-corrected chi connectivity index (χ4v) is 2.15. The van der Waals surface area contributed by atoms with Gasteiger partial charge in [-0.1, -0.05) is 0 Å². The standard InChI is InChI=1S/C11H12N4O3/c1-14-5-2-7(13-14)6-15-9(17)11(3-4-11)8(16)12-10(15)18/h2,5H,3-4,6H2,1H3,(H,12,16,18).